The predicted molar refractivity (Wildman–Crippen MR) is 72.7 cm³/mol. The van der Waals surface area contributed by atoms with E-state index in [0.717, 1.165) is 51.0 Å². The molecule has 1 aliphatic heterocycles. The summed E-state index contributed by atoms with van der Waals surface area (Å²) in [6.07, 6.45) is 6.58. The van der Waals surface area contributed by atoms with Gasteiger partial charge in [-0.15, -0.1) is 0 Å². The van der Waals surface area contributed by atoms with Crippen molar-refractivity contribution < 1.29 is 9.47 Å². The summed E-state index contributed by atoms with van der Waals surface area (Å²) in [6.45, 7) is 1.59. The predicted octanol–water partition coefficient (Wildman–Crippen LogP) is 2.87. The Morgan fingerprint density at radius 2 is 2.22 bits per heavy atom. The maximum absolute atomic E-state index is 5.86. The first-order valence-corrected chi connectivity index (χ1v) is 6.96. The summed E-state index contributed by atoms with van der Waals surface area (Å²) in [5, 5.41) is 0. The van der Waals surface area contributed by atoms with E-state index < -0.39 is 0 Å². The maximum atomic E-state index is 5.86. The summed E-state index contributed by atoms with van der Waals surface area (Å²) in [7, 11) is 0. The minimum absolute atomic E-state index is 0.0574. The molecule has 1 aliphatic rings. The summed E-state index contributed by atoms with van der Waals surface area (Å²) < 4.78 is 11.4. The molecule has 1 unspecified atom stereocenters. The zero-order chi connectivity index (χ0) is 12.6. The Morgan fingerprint density at radius 1 is 1.28 bits per heavy atom. The Hall–Kier alpha value is -1.06. The molecular weight excluding hydrogens is 226 g/mol. The van der Waals surface area contributed by atoms with Gasteiger partial charge in [0.15, 0.2) is 6.29 Å². The summed E-state index contributed by atoms with van der Waals surface area (Å²) in [5.41, 5.74) is 6.82. The van der Waals surface area contributed by atoms with Crippen LogP contribution >= 0.6 is 0 Å². The van der Waals surface area contributed by atoms with Gasteiger partial charge in [0.1, 0.15) is 5.75 Å². The van der Waals surface area contributed by atoms with E-state index in [1.165, 1.54) is 12.0 Å². The van der Waals surface area contributed by atoms with Crippen molar-refractivity contribution in [3.8, 4) is 5.75 Å². The van der Waals surface area contributed by atoms with Crippen molar-refractivity contribution in [3.05, 3.63) is 29.8 Å². The molecule has 0 saturated carbocycles. The molecule has 0 radical (unpaired) electrons. The molecule has 1 atom stereocenters. The van der Waals surface area contributed by atoms with Crippen molar-refractivity contribution in [2.45, 2.75) is 44.8 Å². The van der Waals surface area contributed by atoms with Crippen LogP contribution in [-0.4, -0.2) is 19.4 Å². The molecule has 0 aliphatic carbocycles. The summed E-state index contributed by atoms with van der Waals surface area (Å²) >= 11 is 0. The number of benzene rings is 1. The van der Waals surface area contributed by atoms with E-state index in [2.05, 4.69) is 18.2 Å². The van der Waals surface area contributed by atoms with Gasteiger partial charge in [0, 0.05) is 6.42 Å². The van der Waals surface area contributed by atoms with Crippen molar-refractivity contribution >= 4 is 0 Å². The molecule has 3 nitrogen and oxygen atoms in total. The lowest BCUT2D eigenvalue weighted by molar-refractivity contribution is -0.105. The monoisotopic (exact) mass is 249 g/mol. The third-order valence-corrected chi connectivity index (χ3v) is 3.22. The third kappa shape index (κ3) is 4.31. The number of hydrogen-bond acceptors (Lipinski definition) is 3. The van der Waals surface area contributed by atoms with E-state index in [9.17, 15) is 0 Å². The summed E-state index contributed by atoms with van der Waals surface area (Å²) in [5.74, 6) is 0.923. The lowest BCUT2D eigenvalue weighted by atomic mass is 10.1. The van der Waals surface area contributed by atoms with Gasteiger partial charge in [-0.3, -0.25) is 0 Å². The largest absolute Gasteiger partial charge is 0.465 e. The zero-order valence-corrected chi connectivity index (χ0v) is 10.9. The van der Waals surface area contributed by atoms with Gasteiger partial charge in [-0.25, -0.2) is 0 Å². The molecule has 1 aromatic rings. The molecule has 18 heavy (non-hydrogen) atoms. The Bertz CT molecular complexity index is 348. The highest BCUT2D eigenvalue weighted by Crippen LogP contribution is 2.20. The van der Waals surface area contributed by atoms with Crippen molar-refractivity contribution in [1.82, 2.24) is 0 Å². The highest BCUT2D eigenvalue weighted by Gasteiger charge is 2.15. The second-order valence-corrected chi connectivity index (χ2v) is 4.81. The molecule has 0 amide bonds. The zero-order valence-electron chi connectivity index (χ0n) is 10.9. The van der Waals surface area contributed by atoms with Crippen LogP contribution in [0.5, 0.6) is 5.75 Å². The molecule has 1 fully saturated rings. The molecular formula is C15H23NO2. The van der Waals surface area contributed by atoms with E-state index in [-0.39, 0.29) is 6.29 Å². The van der Waals surface area contributed by atoms with Gasteiger partial charge in [0.2, 0.25) is 0 Å². The minimum Gasteiger partial charge on any atom is -0.465 e. The van der Waals surface area contributed by atoms with Crippen LogP contribution < -0.4 is 10.5 Å². The SMILES string of the molecule is NCCCCc1cccc(OC2CCCCO2)c1. The van der Waals surface area contributed by atoms with Gasteiger partial charge >= 0.3 is 0 Å². The summed E-state index contributed by atoms with van der Waals surface area (Å²) in [6, 6.07) is 8.32. The molecule has 100 valence electrons. The Labute approximate surface area is 109 Å². The van der Waals surface area contributed by atoms with Crippen LogP contribution in [-0.2, 0) is 11.2 Å². The van der Waals surface area contributed by atoms with E-state index in [4.69, 9.17) is 15.2 Å². The normalized spacial score (nSPS) is 19.7. The quantitative estimate of drug-likeness (QED) is 0.788. The number of aryl methyl sites for hydroxylation is 1. The number of unbranched alkanes of at least 4 members (excludes halogenated alkanes) is 1. The van der Waals surface area contributed by atoms with Crippen LogP contribution in [0.15, 0.2) is 24.3 Å². The molecule has 2 N–H and O–H groups in total. The molecule has 3 heteroatoms. The second kappa shape index (κ2) is 7.39. The average Bonchev–Trinajstić information content (AvgIpc) is 2.41. The van der Waals surface area contributed by atoms with Gasteiger partial charge in [0.25, 0.3) is 0 Å². The van der Waals surface area contributed by atoms with E-state index >= 15 is 0 Å². The standard InChI is InChI=1S/C15H23NO2/c16-10-3-1-6-13-7-5-8-14(12-13)18-15-9-2-4-11-17-15/h5,7-8,12,15H,1-4,6,9-11,16H2. The van der Waals surface area contributed by atoms with Crippen molar-refractivity contribution in [3.63, 3.8) is 0 Å². The lowest BCUT2D eigenvalue weighted by Crippen LogP contribution is -2.24. The van der Waals surface area contributed by atoms with Crippen LogP contribution in [0, 0.1) is 0 Å². The van der Waals surface area contributed by atoms with Crippen LogP contribution in [0.2, 0.25) is 0 Å². The van der Waals surface area contributed by atoms with Gasteiger partial charge < -0.3 is 15.2 Å². The molecule has 0 aromatic heterocycles. The van der Waals surface area contributed by atoms with Crippen molar-refractivity contribution in [2.75, 3.05) is 13.2 Å². The van der Waals surface area contributed by atoms with Crippen molar-refractivity contribution in [1.29, 1.82) is 0 Å². The van der Waals surface area contributed by atoms with E-state index in [1.54, 1.807) is 0 Å². The van der Waals surface area contributed by atoms with Crippen LogP contribution in [0.1, 0.15) is 37.7 Å². The number of ether oxygens (including phenoxy) is 2. The van der Waals surface area contributed by atoms with Gasteiger partial charge in [-0.05, 0) is 56.3 Å². The lowest BCUT2D eigenvalue weighted by Gasteiger charge is -2.23. The Morgan fingerprint density at radius 3 is 3.00 bits per heavy atom. The number of hydrogen-bond donors (Lipinski definition) is 1. The molecule has 2 rings (SSSR count). The number of rotatable bonds is 6. The van der Waals surface area contributed by atoms with Crippen LogP contribution in [0.3, 0.4) is 0 Å². The van der Waals surface area contributed by atoms with Gasteiger partial charge in [-0.2, -0.15) is 0 Å². The molecule has 1 heterocycles. The van der Waals surface area contributed by atoms with Crippen molar-refractivity contribution in [2.24, 2.45) is 5.73 Å². The molecule has 0 spiro atoms. The average molecular weight is 249 g/mol. The maximum Gasteiger partial charge on any atom is 0.199 e. The van der Waals surface area contributed by atoms with Crippen LogP contribution in [0.25, 0.3) is 0 Å². The van der Waals surface area contributed by atoms with E-state index in [0.29, 0.717) is 0 Å². The Kier molecular flexibility index (Phi) is 5.49. The topological polar surface area (TPSA) is 44.5 Å². The fraction of sp³-hybridized carbons (Fsp3) is 0.600. The van der Waals surface area contributed by atoms with E-state index in [1.807, 2.05) is 6.07 Å². The van der Waals surface area contributed by atoms with Gasteiger partial charge in [0.05, 0.1) is 6.61 Å². The number of nitrogens with two attached hydrogens (primary N) is 1. The highest BCUT2D eigenvalue weighted by molar-refractivity contribution is 5.28. The third-order valence-electron chi connectivity index (χ3n) is 3.22. The first-order chi connectivity index (χ1) is 8.88. The molecule has 1 aromatic carbocycles. The molecule has 0 bridgehead atoms. The van der Waals surface area contributed by atoms with Gasteiger partial charge in [-0.1, -0.05) is 12.1 Å². The minimum atomic E-state index is -0.0574. The first kappa shape index (κ1) is 13.4. The fourth-order valence-corrected chi connectivity index (χ4v) is 2.20. The first-order valence-electron chi connectivity index (χ1n) is 6.96. The van der Waals surface area contributed by atoms with Crippen LogP contribution in [0.4, 0.5) is 0 Å². The summed E-state index contributed by atoms with van der Waals surface area (Å²) in [4.78, 5) is 0. The fourth-order valence-electron chi connectivity index (χ4n) is 2.20. The highest BCUT2D eigenvalue weighted by atomic mass is 16.7. The molecule has 1 saturated heterocycles. The smallest absolute Gasteiger partial charge is 0.199 e. The Balaban J connectivity index is 1.85. The second-order valence-electron chi connectivity index (χ2n) is 4.81.